The van der Waals surface area contributed by atoms with Crippen LogP contribution in [0.2, 0.25) is 0 Å². The van der Waals surface area contributed by atoms with Crippen molar-refractivity contribution in [1.82, 2.24) is 10.6 Å². The van der Waals surface area contributed by atoms with Crippen molar-refractivity contribution >= 4 is 11.8 Å². The highest BCUT2D eigenvalue weighted by Gasteiger charge is 2.28. The van der Waals surface area contributed by atoms with Crippen molar-refractivity contribution in [2.24, 2.45) is 5.41 Å². The zero-order valence-electron chi connectivity index (χ0n) is 13.7. The van der Waals surface area contributed by atoms with Crippen molar-refractivity contribution in [3.8, 4) is 0 Å². The smallest absolute Gasteiger partial charge is 0.252 e. The van der Waals surface area contributed by atoms with Gasteiger partial charge in [0.1, 0.15) is 6.17 Å². The Kier molecular flexibility index (Phi) is 5.16. The summed E-state index contributed by atoms with van der Waals surface area (Å²) in [6.45, 7) is 5.90. The van der Waals surface area contributed by atoms with E-state index in [0.29, 0.717) is 11.1 Å². The van der Waals surface area contributed by atoms with Gasteiger partial charge in [-0.1, -0.05) is 57.2 Å². The lowest BCUT2D eigenvalue weighted by Gasteiger charge is -2.32. The van der Waals surface area contributed by atoms with Crippen molar-refractivity contribution in [2.75, 3.05) is 0 Å². The van der Waals surface area contributed by atoms with Gasteiger partial charge in [-0.2, -0.15) is 0 Å². The number of carbonyl (C=O) groups is 2. The van der Waals surface area contributed by atoms with Gasteiger partial charge in [-0.3, -0.25) is 9.59 Å². The number of benzene rings is 2. The van der Waals surface area contributed by atoms with Crippen molar-refractivity contribution in [2.45, 2.75) is 26.9 Å². The van der Waals surface area contributed by atoms with Gasteiger partial charge in [0, 0.05) is 16.5 Å². The SMILES string of the molecule is CC(C)(C)C(NC(=O)c1ccccc1)NC(=O)c1ccccc1. The molecule has 0 saturated carbocycles. The minimum absolute atomic E-state index is 0.209. The number of hydrogen-bond acceptors (Lipinski definition) is 2. The summed E-state index contributed by atoms with van der Waals surface area (Å²) in [5, 5.41) is 5.81. The second-order valence-electron chi connectivity index (χ2n) is 6.48. The lowest BCUT2D eigenvalue weighted by atomic mass is 9.91. The van der Waals surface area contributed by atoms with Crippen LogP contribution in [0.4, 0.5) is 0 Å². The first-order valence-electron chi connectivity index (χ1n) is 7.60. The van der Waals surface area contributed by atoms with E-state index in [0.717, 1.165) is 0 Å². The van der Waals surface area contributed by atoms with Gasteiger partial charge in [0.15, 0.2) is 0 Å². The minimum Gasteiger partial charge on any atom is -0.331 e. The van der Waals surface area contributed by atoms with Crippen LogP contribution in [0.3, 0.4) is 0 Å². The summed E-state index contributed by atoms with van der Waals surface area (Å²) in [6.07, 6.45) is -0.483. The number of carbonyl (C=O) groups excluding carboxylic acids is 2. The van der Waals surface area contributed by atoms with Gasteiger partial charge >= 0.3 is 0 Å². The molecule has 0 fully saturated rings. The fourth-order valence-corrected chi connectivity index (χ4v) is 2.08. The third-order valence-electron chi connectivity index (χ3n) is 3.49. The van der Waals surface area contributed by atoms with E-state index < -0.39 is 6.17 Å². The Labute approximate surface area is 136 Å². The van der Waals surface area contributed by atoms with Crippen molar-refractivity contribution < 1.29 is 9.59 Å². The van der Waals surface area contributed by atoms with Crippen LogP contribution in [0.25, 0.3) is 0 Å². The van der Waals surface area contributed by atoms with E-state index in [4.69, 9.17) is 0 Å². The van der Waals surface area contributed by atoms with Gasteiger partial charge < -0.3 is 10.6 Å². The summed E-state index contributed by atoms with van der Waals surface area (Å²) >= 11 is 0. The summed E-state index contributed by atoms with van der Waals surface area (Å²) in [6, 6.07) is 17.9. The standard InChI is InChI=1S/C19H22N2O2/c1-19(2,3)18(20-16(22)14-10-6-4-7-11-14)21-17(23)15-12-8-5-9-13-15/h4-13,18H,1-3H3,(H,20,22)(H,21,23). The quantitative estimate of drug-likeness (QED) is 0.852. The molecule has 0 saturated heterocycles. The maximum atomic E-state index is 12.4. The zero-order valence-corrected chi connectivity index (χ0v) is 13.7. The number of rotatable bonds is 4. The highest BCUT2D eigenvalue weighted by molar-refractivity contribution is 5.96. The predicted molar refractivity (Wildman–Crippen MR) is 91.1 cm³/mol. The van der Waals surface area contributed by atoms with E-state index >= 15 is 0 Å². The highest BCUT2D eigenvalue weighted by Crippen LogP contribution is 2.18. The van der Waals surface area contributed by atoms with Gasteiger partial charge in [-0.25, -0.2) is 0 Å². The van der Waals surface area contributed by atoms with Crippen LogP contribution in [-0.2, 0) is 0 Å². The fraction of sp³-hybridized carbons (Fsp3) is 0.263. The van der Waals surface area contributed by atoms with Crippen LogP contribution in [-0.4, -0.2) is 18.0 Å². The Bertz CT molecular complexity index is 607. The van der Waals surface area contributed by atoms with Crippen LogP contribution in [0.15, 0.2) is 60.7 Å². The second-order valence-corrected chi connectivity index (χ2v) is 6.48. The first-order chi connectivity index (χ1) is 10.9. The molecule has 2 rings (SSSR count). The molecule has 2 aromatic rings. The molecule has 0 aliphatic rings. The Balaban J connectivity index is 2.12. The molecule has 2 N–H and O–H groups in total. The van der Waals surface area contributed by atoms with Gasteiger partial charge in [0.05, 0.1) is 0 Å². The van der Waals surface area contributed by atoms with Gasteiger partial charge in [0.2, 0.25) is 0 Å². The molecule has 0 heterocycles. The number of nitrogens with one attached hydrogen (secondary N) is 2. The topological polar surface area (TPSA) is 58.2 Å². The number of hydrogen-bond donors (Lipinski definition) is 2. The summed E-state index contributed by atoms with van der Waals surface area (Å²) < 4.78 is 0. The molecule has 0 bridgehead atoms. The average molecular weight is 310 g/mol. The van der Waals surface area contributed by atoms with Crippen molar-refractivity contribution in [3.63, 3.8) is 0 Å². The molecule has 0 aliphatic heterocycles. The van der Waals surface area contributed by atoms with E-state index in [1.54, 1.807) is 24.3 Å². The molecule has 23 heavy (non-hydrogen) atoms. The molecule has 0 aliphatic carbocycles. The van der Waals surface area contributed by atoms with E-state index in [9.17, 15) is 9.59 Å². The maximum Gasteiger partial charge on any atom is 0.252 e. The molecule has 4 heteroatoms. The summed E-state index contributed by atoms with van der Waals surface area (Å²) in [5.74, 6) is -0.419. The molecule has 0 radical (unpaired) electrons. The monoisotopic (exact) mass is 310 g/mol. The molecule has 0 aromatic heterocycles. The van der Waals surface area contributed by atoms with E-state index in [1.165, 1.54) is 0 Å². The fourth-order valence-electron chi connectivity index (χ4n) is 2.08. The summed E-state index contributed by atoms with van der Waals surface area (Å²) in [7, 11) is 0. The van der Waals surface area contributed by atoms with Gasteiger partial charge in [0.25, 0.3) is 11.8 Å². The molecule has 2 amide bonds. The van der Waals surface area contributed by atoms with Crippen LogP contribution < -0.4 is 10.6 Å². The normalized spacial score (nSPS) is 11.1. The average Bonchev–Trinajstić information content (AvgIpc) is 2.54. The van der Waals surface area contributed by atoms with Crippen LogP contribution in [0.5, 0.6) is 0 Å². The first-order valence-corrected chi connectivity index (χ1v) is 7.60. The van der Waals surface area contributed by atoms with Crippen LogP contribution in [0, 0.1) is 5.41 Å². The van der Waals surface area contributed by atoms with E-state index in [1.807, 2.05) is 57.2 Å². The molecule has 120 valence electrons. The lowest BCUT2D eigenvalue weighted by Crippen LogP contribution is -2.55. The maximum absolute atomic E-state index is 12.4. The molecule has 2 aromatic carbocycles. The van der Waals surface area contributed by atoms with Crippen LogP contribution in [0.1, 0.15) is 41.5 Å². The van der Waals surface area contributed by atoms with Gasteiger partial charge in [-0.15, -0.1) is 0 Å². The summed E-state index contributed by atoms with van der Waals surface area (Å²) in [5.41, 5.74) is 0.806. The Morgan fingerprint density at radius 1 is 0.739 bits per heavy atom. The predicted octanol–water partition coefficient (Wildman–Crippen LogP) is 3.22. The summed E-state index contributed by atoms with van der Waals surface area (Å²) in [4.78, 5) is 24.7. The molecular formula is C19H22N2O2. The zero-order chi connectivity index (χ0) is 16.9. The van der Waals surface area contributed by atoms with E-state index in [-0.39, 0.29) is 17.2 Å². The largest absolute Gasteiger partial charge is 0.331 e. The lowest BCUT2D eigenvalue weighted by molar-refractivity contribution is 0.0814. The molecule has 0 spiro atoms. The van der Waals surface area contributed by atoms with Crippen molar-refractivity contribution in [1.29, 1.82) is 0 Å². The van der Waals surface area contributed by atoms with Crippen molar-refractivity contribution in [3.05, 3.63) is 71.8 Å². The first kappa shape index (κ1) is 16.7. The van der Waals surface area contributed by atoms with Crippen LogP contribution >= 0.6 is 0 Å². The third kappa shape index (κ3) is 4.68. The number of amides is 2. The van der Waals surface area contributed by atoms with Gasteiger partial charge in [-0.05, 0) is 24.3 Å². The minimum atomic E-state index is -0.483. The molecule has 4 nitrogen and oxygen atoms in total. The molecule has 0 atom stereocenters. The second kappa shape index (κ2) is 7.09. The Morgan fingerprint density at radius 2 is 1.09 bits per heavy atom. The Hall–Kier alpha value is -2.62. The third-order valence-corrected chi connectivity index (χ3v) is 3.49. The highest BCUT2D eigenvalue weighted by atomic mass is 16.2. The Morgan fingerprint density at radius 3 is 1.39 bits per heavy atom. The van der Waals surface area contributed by atoms with E-state index in [2.05, 4.69) is 10.6 Å². The molecule has 0 unspecified atom stereocenters. The molecular weight excluding hydrogens is 288 g/mol.